The molecule has 4 aromatic rings. The van der Waals surface area contributed by atoms with Gasteiger partial charge in [0.1, 0.15) is 49.4 Å². The van der Waals surface area contributed by atoms with E-state index in [0.717, 1.165) is 12.8 Å². The van der Waals surface area contributed by atoms with Gasteiger partial charge in [0.05, 0.1) is 40.6 Å². The number of aryl methyl sites for hydroxylation is 1. The molecular formula is C47H58ClN11O8. The molecule has 11 N–H and O–H groups in total. The molecule has 1 aromatic heterocycles. The van der Waals surface area contributed by atoms with Gasteiger partial charge in [-0.1, -0.05) is 31.0 Å². The van der Waals surface area contributed by atoms with Crippen molar-refractivity contribution in [2.75, 3.05) is 51.3 Å². The third-order valence-electron chi connectivity index (χ3n) is 10.7. The number of hydrogen-bond acceptors (Lipinski definition) is 14. The highest BCUT2D eigenvalue weighted by atomic mass is 35.5. The second-order valence-corrected chi connectivity index (χ2v) is 16.2. The normalized spacial score (nSPS) is 16.3. The summed E-state index contributed by atoms with van der Waals surface area (Å²) < 4.78 is 18.2. The summed E-state index contributed by atoms with van der Waals surface area (Å²) in [5.74, 6) is -2.53. The van der Waals surface area contributed by atoms with Crippen molar-refractivity contribution in [1.29, 1.82) is 5.26 Å². The molecule has 0 aliphatic carbocycles. The van der Waals surface area contributed by atoms with Crippen LogP contribution in [-0.4, -0.2) is 104 Å². The van der Waals surface area contributed by atoms with Gasteiger partial charge >= 0.3 is 0 Å². The number of benzene rings is 3. The first-order chi connectivity index (χ1) is 32.2. The second-order valence-electron chi connectivity index (χ2n) is 15.8. The van der Waals surface area contributed by atoms with Gasteiger partial charge in [-0.15, -0.1) is 0 Å². The fourth-order valence-electron chi connectivity index (χ4n) is 7.09. The molecule has 0 saturated heterocycles. The highest BCUT2D eigenvalue weighted by Crippen LogP contribution is 2.44. The number of nitriles is 1. The van der Waals surface area contributed by atoms with E-state index in [1.54, 1.807) is 62.4 Å². The van der Waals surface area contributed by atoms with Crippen LogP contribution in [0.4, 0.5) is 5.69 Å². The van der Waals surface area contributed by atoms with Crippen molar-refractivity contribution in [1.82, 2.24) is 31.2 Å². The van der Waals surface area contributed by atoms with Crippen molar-refractivity contribution < 1.29 is 38.2 Å². The number of rotatable bonds is 19. The molecule has 356 valence electrons. The first-order valence-corrected chi connectivity index (χ1v) is 22.4. The minimum absolute atomic E-state index is 0.00548. The largest absolute Gasteiger partial charge is 0.492 e. The Morgan fingerprint density at radius 1 is 0.925 bits per heavy atom. The predicted octanol–water partition coefficient (Wildman–Crippen LogP) is 3.00. The first-order valence-electron chi connectivity index (χ1n) is 22.0. The monoisotopic (exact) mass is 939 g/mol. The van der Waals surface area contributed by atoms with E-state index in [-0.39, 0.29) is 69.2 Å². The van der Waals surface area contributed by atoms with E-state index in [1.807, 2.05) is 6.07 Å². The minimum atomic E-state index is -1.26. The quantitative estimate of drug-likeness (QED) is 0.0496. The van der Waals surface area contributed by atoms with Gasteiger partial charge in [-0.05, 0) is 93.7 Å². The Labute approximate surface area is 394 Å². The molecule has 19 nitrogen and oxygen atoms in total. The summed E-state index contributed by atoms with van der Waals surface area (Å²) in [6.07, 6.45) is 3.08. The number of amides is 5. The lowest BCUT2D eigenvalue weighted by atomic mass is 9.91. The minimum Gasteiger partial charge on any atom is -0.492 e. The molecule has 67 heavy (non-hydrogen) atoms. The van der Waals surface area contributed by atoms with E-state index >= 15 is 0 Å². The van der Waals surface area contributed by atoms with Crippen LogP contribution < -0.4 is 58.0 Å². The molecule has 1 aliphatic rings. The average molecular weight is 941 g/mol. The van der Waals surface area contributed by atoms with Crippen LogP contribution in [0, 0.1) is 18.3 Å². The number of carbonyl (C=O) groups excluding carboxylic acids is 5. The number of hydrogen-bond donors (Lipinski definition) is 8. The third kappa shape index (κ3) is 13.4. The topological polar surface area (TPSA) is 301 Å². The van der Waals surface area contributed by atoms with Crippen molar-refractivity contribution in [2.45, 2.75) is 77.4 Å². The van der Waals surface area contributed by atoms with Gasteiger partial charge in [-0.2, -0.15) is 5.26 Å². The Bertz CT molecular complexity index is 2480. The number of nitrogens with zero attached hydrogens (tertiary/aromatic N) is 3. The van der Waals surface area contributed by atoms with E-state index in [9.17, 15) is 29.2 Å². The summed E-state index contributed by atoms with van der Waals surface area (Å²) in [7, 11) is 0. The van der Waals surface area contributed by atoms with E-state index < -0.39 is 53.6 Å². The van der Waals surface area contributed by atoms with Crippen LogP contribution >= 0.6 is 11.6 Å². The van der Waals surface area contributed by atoms with E-state index in [0.29, 0.717) is 62.5 Å². The highest BCUT2D eigenvalue weighted by molar-refractivity contribution is 6.32. The maximum Gasteiger partial charge on any atom is 0.255 e. The number of halogens is 1. The number of anilines is 1. The molecule has 1 aliphatic heterocycles. The van der Waals surface area contributed by atoms with Crippen LogP contribution in [0.3, 0.4) is 0 Å². The molecule has 0 radical (unpaired) electrons. The lowest BCUT2D eigenvalue weighted by molar-refractivity contribution is -0.132. The standard InChI is InChI=1S/C47H58ClN11O8/c1-5-6-17-65-40-10-8-31(24-35(40)48)42-54-25-34(27(3)55-42)45(62)57-36(11-12-49)47(64)58-37-21-29-20-33(41(37)67-19-15-52)32-23-30(7-9-39(32)66-18-14-51)26(2)43(60)56-28(4)44(61)59-38(22-29)46(63)53-16-13-50/h7-10,20-21,23-26,28,36,38H,5-6,11-12,14-19,22,49,51-52H2,1-4H3,(H,53,63)(H,56,60)(H,57,62)(H,58,64)(H,59,61)/t26-,28-,36-,38-/m0/s1. The molecular weight excluding hydrogens is 882 g/mol. The summed E-state index contributed by atoms with van der Waals surface area (Å²) in [5, 5.41) is 23.2. The van der Waals surface area contributed by atoms with Gasteiger partial charge in [0, 0.05) is 42.4 Å². The molecule has 0 unspecified atom stereocenters. The molecule has 5 amide bonds. The fraction of sp³-hybridized carbons (Fsp3) is 0.404. The van der Waals surface area contributed by atoms with Crippen molar-refractivity contribution >= 4 is 46.8 Å². The molecule has 20 heteroatoms. The summed E-state index contributed by atoms with van der Waals surface area (Å²) in [4.78, 5) is 77.9. The van der Waals surface area contributed by atoms with Gasteiger partial charge in [-0.25, -0.2) is 9.97 Å². The smallest absolute Gasteiger partial charge is 0.255 e. The maximum absolute atomic E-state index is 14.4. The number of unbranched alkanes of at least 4 members (excludes halogenated alkanes) is 1. The Balaban J connectivity index is 1.57. The van der Waals surface area contributed by atoms with E-state index in [4.69, 9.17) is 43.0 Å². The Hall–Kier alpha value is -6.85. The average Bonchev–Trinajstić information content (AvgIpc) is 3.31. The SMILES string of the molecule is CCCCOc1ccc(-c2ncc(C(=O)N[C@@H](CCN)C(=O)Nc3cc4cc(c3OCCN)-c3cc(ccc3OCCN)[C@H](C)C(=O)N[C@@H](C)C(=O)N[C@H](C(=O)NCC#N)C4)c(C)n2)cc1Cl. The van der Waals surface area contributed by atoms with Gasteiger partial charge < -0.3 is 58.0 Å². The molecule has 5 rings (SSSR count). The van der Waals surface area contributed by atoms with Crippen molar-refractivity contribution in [3.63, 3.8) is 0 Å². The lowest BCUT2D eigenvalue weighted by Crippen LogP contribution is -2.54. The van der Waals surface area contributed by atoms with E-state index in [2.05, 4.69) is 43.5 Å². The molecule has 0 fully saturated rings. The number of ether oxygens (including phenoxy) is 3. The lowest BCUT2D eigenvalue weighted by Gasteiger charge is -2.26. The van der Waals surface area contributed by atoms with Crippen LogP contribution in [0.25, 0.3) is 22.5 Å². The Morgan fingerprint density at radius 2 is 1.66 bits per heavy atom. The molecule has 0 saturated carbocycles. The number of carbonyl (C=O) groups is 5. The number of nitrogens with one attached hydrogen (secondary N) is 5. The molecule has 2 heterocycles. The molecule has 4 atom stereocenters. The third-order valence-corrected chi connectivity index (χ3v) is 11.0. The van der Waals surface area contributed by atoms with Crippen LogP contribution in [0.1, 0.15) is 73.1 Å². The molecule has 4 bridgehead atoms. The van der Waals surface area contributed by atoms with Crippen LogP contribution in [0.5, 0.6) is 17.2 Å². The van der Waals surface area contributed by atoms with Crippen molar-refractivity contribution in [3.8, 4) is 45.8 Å². The summed E-state index contributed by atoms with van der Waals surface area (Å²) in [6.45, 7) is 7.42. The second kappa shape index (κ2) is 24.6. The summed E-state index contributed by atoms with van der Waals surface area (Å²) in [5.41, 5.74) is 20.7. The zero-order chi connectivity index (χ0) is 48.6. The highest BCUT2D eigenvalue weighted by Gasteiger charge is 2.30. The summed E-state index contributed by atoms with van der Waals surface area (Å²) >= 11 is 6.50. The van der Waals surface area contributed by atoms with Gasteiger partial charge in [0.25, 0.3) is 5.91 Å². The molecule has 3 aromatic carbocycles. The zero-order valence-electron chi connectivity index (χ0n) is 38.0. The number of aromatic nitrogens is 2. The van der Waals surface area contributed by atoms with Crippen molar-refractivity contribution in [2.24, 2.45) is 17.2 Å². The Kier molecular flexibility index (Phi) is 18.8. The number of fused-ring (bicyclic) bond motifs is 5. The van der Waals surface area contributed by atoms with E-state index in [1.165, 1.54) is 13.1 Å². The summed E-state index contributed by atoms with van der Waals surface area (Å²) in [6, 6.07) is 12.0. The maximum atomic E-state index is 14.4. The zero-order valence-corrected chi connectivity index (χ0v) is 38.8. The number of nitrogens with two attached hydrogens (primary N) is 3. The fourth-order valence-corrected chi connectivity index (χ4v) is 7.32. The van der Waals surface area contributed by atoms with Crippen LogP contribution in [-0.2, 0) is 25.6 Å². The van der Waals surface area contributed by atoms with Crippen LogP contribution in [0.15, 0.2) is 54.7 Å². The first kappa shape index (κ1) is 51.1. The van der Waals surface area contributed by atoms with Crippen molar-refractivity contribution in [3.05, 3.63) is 82.1 Å². The van der Waals surface area contributed by atoms with Crippen LogP contribution in [0.2, 0.25) is 5.02 Å². The van der Waals surface area contributed by atoms with Gasteiger partial charge in [-0.3, -0.25) is 24.0 Å². The molecule has 0 spiro atoms. The van der Waals surface area contributed by atoms with Gasteiger partial charge in [0.2, 0.25) is 23.6 Å². The Morgan fingerprint density at radius 3 is 2.34 bits per heavy atom. The predicted molar refractivity (Wildman–Crippen MR) is 252 cm³/mol. The van der Waals surface area contributed by atoms with Gasteiger partial charge in [0.15, 0.2) is 11.6 Å².